The minimum Gasteiger partial charge on any atom is -0.349 e. The first kappa shape index (κ1) is 21.2. The minimum atomic E-state index is -0.0222. The van der Waals surface area contributed by atoms with E-state index in [4.69, 9.17) is 4.52 Å². The number of rotatable bonds is 7. The highest BCUT2D eigenvalue weighted by Crippen LogP contribution is 2.23. The van der Waals surface area contributed by atoms with Crippen molar-refractivity contribution >= 4 is 5.91 Å². The van der Waals surface area contributed by atoms with E-state index in [-0.39, 0.29) is 17.9 Å². The van der Waals surface area contributed by atoms with Crippen LogP contribution in [0.2, 0.25) is 0 Å². The largest absolute Gasteiger partial charge is 0.349 e. The van der Waals surface area contributed by atoms with Gasteiger partial charge >= 0.3 is 0 Å². The quantitative estimate of drug-likeness (QED) is 0.611. The van der Waals surface area contributed by atoms with Gasteiger partial charge in [0.25, 0.3) is 0 Å². The van der Waals surface area contributed by atoms with Crippen molar-refractivity contribution < 1.29 is 9.32 Å². The molecule has 2 heterocycles. The summed E-state index contributed by atoms with van der Waals surface area (Å²) in [5.41, 5.74) is 3.30. The van der Waals surface area contributed by atoms with Crippen LogP contribution in [0.15, 0.2) is 59.1 Å². The minimum absolute atomic E-state index is 0.0222. The van der Waals surface area contributed by atoms with Crippen molar-refractivity contribution in [3.05, 3.63) is 71.6 Å². The van der Waals surface area contributed by atoms with E-state index in [1.165, 1.54) is 5.56 Å². The molecule has 1 saturated heterocycles. The second kappa shape index (κ2) is 9.88. The molecule has 2 aromatic carbocycles. The summed E-state index contributed by atoms with van der Waals surface area (Å²) in [6, 6.07) is 18.3. The number of aryl methyl sites for hydroxylation is 1. The summed E-state index contributed by atoms with van der Waals surface area (Å²) in [5.74, 6) is 1.31. The van der Waals surface area contributed by atoms with Crippen molar-refractivity contribution in [2.75, 3.05) is 13.1 Å². The Morgan fingerprint density at radius 1 is 1.19 bits per heavy atom. The van der Waals surface area contributed by atoms with E-state index in [0.717, 1.165) is 36.9 Å². The Labute approximate surface area is 183 Å². The molecule has 0 bridgehead atoms. The first-order valence-electron chi connectivity index (χ1n) is 11.1. The highest BCUT2D eigenvalue weighted by atomic mass is 16.5. The van der Waals surface area contributed by atoms with Crippen molar-refractivity contribution in [3.63, 3.8) is 0 Å². The number of piperidine rings is 1. The monoisotopic (exact) mass is 418 g/mol. The molecule has 4 rings (SSSR count). The molecular formula is C25H30N4O2. The number of nitrogens with zero attached hydrogens (tertiary/aromatic N) is 3. The van der Waals surface area contributed by atoms with Crippen LogP contribution in [0.25, 0.3) is 11.4 Å². The number of hydrogen-bond donors (Lipinski definition) is 1. The zero-order valence-corrected chi connectivity index (χ0v) is 18.3. The van der Waals surface area contributed by atoms with E-state index in [2.05, 4.69) is 46.3 Å². The molecule has 2 unspecified atom stereocenters. The van der Waals surface area contributed by atoms with Crippen LogP contribution in [-0.2, 0) is 11.3 Å². The van der Waals surface area contributed by atoms with Crippen LogP contribution in [0.5, 0.6) is 0 Å². The lowest BCUT2D eigenvalue weighted by atomic mass is 9.95. The zero-order valence-electron chi connectivity index (χ0n) is 18.3. The normalized spacial score (nSPS) is 17.9. The second-order valence-electron chi connectivity index (χ2n) is 8.33. The second-order valence-corrected chi connectivity index (χ2v) is 8.33. The van der Waals surface area contributed by atoms with Crippen LogP contribution in [0.3, 0.4) is 0 Å². The Morgan fingerprint density at radius 2 is 1.97 bits per heavy atom. The first-order chi connectivity index (χ1) is 15.1. The number of amides is 1. The molecule has 3 aromatic rings. The number of benzene rings is 2. The molecule has 1 aromatic heterocycles. The van der Waals surface area contributed by atoms with Gasteiger partial charge in [-0.2, -0.15) is 4.98 Å². The van der Waals surface area contributed by atoms with Gasteiger partial charge in [0.05, 0.1) is 18.5 Å². The summed E-state index contributed by atoms with van der Waals surface area (Å²) in [5, 5.41) is 7.38. The summed E-state index contributed by atoms with van der Waals surface area (Å²) >= 11 is 0. The summed E-state index contributed by atoms with van der Waals surface area (Å²) in [4.78, 5) is 19.8. The fraction of sp³-hybridized carbons (Fsp3) is 0.400. The lowest BCUT2D eigenvalue weighted by Crippen LogP contribution is -2.43. The third-order valence-corrected chi connectivity index (χ3v) is 5.94. The van der Waals surface area contributed by atoms with Gasteiger partial charge in [-0.05, 0) is 38.3 Å². The first-order valence-corrected chi connectivity index (χ1v) is 11.1. The molecule has 1 aliphatic heterocycles. The summed E-state index contributed by atoms with van der Waals surface area (Å²) in [6.07, 6.45) is 2.77. The van der Waals surface area contributed by atoms with Crippen LogP contribution >= 0.6 is 0 Å². The number of aromatic nitrogens is 2. The van der Waals surface area contributed by atoms with Crippen LogP contribution in [0.4, 0.5) is 0 Å². The van der Waals surface area contributed by atoms with Crippen LogP contribution in [0.1, 0.15) is 49.2 Å². The number of carbonyl (C=O) groups excluding carboxylic acids is 1. The van der Waals surface area contributed by atoms with E-state index >= 15 is 0 Å². The van der Waals surface area contributed by atoms with Gasteiger partial charge in [-0.3, -0.25) is 9.69 Å². The van der Waals surface area contributed by atoms with Crippen molar-refractivity contribution in [3.8, 4) is 11.4 Å². The smallest absolute Gasteiger partial charge is 0.241 e. The fourth-order valence-electron chi connectivity index (χ4n) is 4.14. The van der Waals surface area contributed by atoms with Crippen molar-refractivity contribution in [1.29, 1.82) is 0 Å². The van der Waals surface area contributed by atoms with E-state index < -0.39 is 0 Å². The Kier molecular flexibility index (Phi) is 6.77. The van der Waals surface area contributed by atoms with Crippen molar-refractivity contribution in [2.45, 2.75) is 45.7 Å². The average Bonchev–Trinajstić information content (AvgIpc) is 3.27. The molecule has 0 spiro atoms. The summed E-state index contributed by atoms with van der Waals surface area (Å²) < 4.78 is 5.48. The molecular weight excluding hydrogens is 388 g/mol. The lowest BCUT2D eigenvalue weighted by molar-refractivity contribution is -0.127. The SMILES string of the molecule is CCC(NC(=O)C1CCCN(Cc2nc(-c3ccc(C)cc3)no2)C1)c1ccccc1. The van der Waals surface area contributed by atoms with Gasteiger partial charge < -0.3 is 9.84 Å². The van der Waals surface area contributed by atoms with Crippen LogP contribution in [0, 0.1) is 12.8 Å². The standard InChI is InChI=1S/C25H30N4O2/c1-3-22(19-8-5-4-6-9-19)26-25(30)21-10-7-15-29(16-21)17-23-27-24(28-31-23)20-13-11-18(2)12-14-20/h4-6,8-9,11-14,21-22H,3,7,10,15-17H2,1-2H3,(H,26,30). The number of nitrogens with one attached hydrogen (secondary N) is 1. The molecule has 0 aliphatic carbocycles. The molecule has 31 heavy (non-hydrogen) atoms. The van der Waals surface area contributed by atoms with Gasteiger partial charge in [0.15, 0.2) is 0 Å². The molecule has 6 heteroatoms. The molecule has 2 atom stereocenters. The lowest BCUT2D eigenvalue weighted by Gasteiger charge is -2.32. The number of hydrogen-bond acceptors (Lipinski definition) is 5. The molecule has 162 valence electrons. The zero-order chi connectivity index (χ0) is 21.6. The molecule has 0 radical (unpaired) electrons. The van der Waals surface area contributed by atoms with E-state index in [1.54, 1.807) is 0 Å². The molecule has 1 amide bonds. The maximum absolute atomic E-state index is 13.0. The van der Waals surface area contributed by atoms with E-state index in [0.29, 0.717) is 24.8 Å². The number of likely N-dealkylation sites (tertiary alicyclic amines) is 1. The van der Waals surface area contributed by atoms with Gasteiger partial charge in [-0.15, -0.1) is 0 Å². The maximum Gasteiger partial charge on any atom is 0.241 e. The average molecular weight is 419 g/mol. The predicted molar refractivity (Wildman–Crippen MR) is 120 cm³/mol. The van der Waals surface area contributed by atoms with Gasteiger partial charge in [0.2, 0.25) is 17.6 Å². The van der Waals surface area contributed by atoms with Crippen LogP contribution in [-0.4, -0.2) is 34.0 Å². The van der Waals surface area contributed by atoms with E-state index in [1.807, 2.05) is 42.5 Å². The Balaban J connectivity index is 1.35. The fourth-order valence-corrected chi connectivity index (χ4v) is 4.14. The Morgan fingerprint density at radius 3 is 2.71 bits per heavy atom. The Hall–Kier alpha value is -2.99. The van der Waals surface area contributed by atoms with Gasteiger partial charge in [0.1, 0.15) is 0 Å². The van der Waals surface area contributed by atoms with Gasteiger partial charge in [0, 0.05) is 12.1 Å². The summed E-state index contributed by atoms with van der Waals surface area (Å²) in [6.45, 7) is 6.36. The highest BCUT2D eigenvalue weighted by Gasteiger charge is 2.28. The Bertz CT molecular complexity index is 984. The summed E-state index contributed by atoms with van der Waals surface area (Å²) in [7, 11) is 0. The molecule has 1 fully saturated rings. The van der Waals surface area contributed by atoms with Gasteiger partial charge in [-0.25, -0.2) is 0 Å². The highest BCUT2D eigenvalue weighted by molar-refractivity contribution is 5.79. The maximum atomic E-state index is 13.0. The van der Waals surface area contributed by atoms with Crippen LogP contribution < -0.4 is 5.32 Å². The number of carbonyl (C=O) groups is 1. The molecule has 1 N–H and O–H groups in total. The third kappa shape index (κ3) is 5.39. The third-order valence-electron chi connectivity index (χ3n) is 5.94. The van der Waals surface area contributed by atoms with E-state index in [9.17, 15) is 4.79 Å². The van der Waals surface area contributed by atoms with Crippen molar-refractivity contribution in [1.82, 2.24) is 20.4 Å². The molecule has 0 saturated carbocycles. The predicted octanol–water partition coefficient (Wildman–Crippen LogP) is 4.52. The topological polar surface area (TPSA) is 71.3 Å². The molecule has 6 nitrogen and oxygen atoms in total. The van der Waals surface area contributed by atoms with Crippen molar-refractivity contribution in [2.24, 2.45) is 5.92 Å². The van der Waals surface area contributed by atoms with Gasteiger partial charge in [-0.1, -0.05) is 72.2 Å². The molecule has 1 aliphatic rings.